The number of rotatable bonds is 3. The van der Waals surface area contributed by atoms with Gasteiger partial charge >= 0.3 is 0 Å². The Kier molecular flexibility index (Phi) is 7.65. The van der Waals surface area contributed by atoms with E-state index in [9.17, 15) is 4.79 Å². The monoisotopic (exact) mass is 368 g/mol. The summed E-state index contributed by atoms with van der Waals surface area (Å²) in [4.78, 5) is 15.3. The fourth-order valence-corrected chi connectivity index (χ4v) is 3.58. The molecule has 1 aromatic carbocycles. The third kappa shape index (κ3) is 4.42. The van der Waals surface area contributed by atoms with Gasteiger partial charge in [0.25, 0.3) is 5.91 Å². The van der Waals surface area contributed by atoms with Crippen molar-refractivity contribution in [1.29, 1.82) is 0 Å². The quantitative estimate of drug-likeness (QED) is 0.818. The molecule has 21 heavy (non-hydrogen) atoms. The summed E-state index contributed by atoms with van der Waals surface area (Å²) in [5, 5.41) is 4.27. The van der Waals surface area contributed by atoms with Gasteiger partial charge in [0.1, 0.15) is 0 Å². The van der Waals surface area contributed by atoms with Crippen molar-refractivity contribution < 1.29 is 4.79 Å². The molecule has 0 spiro atoms. The molecule has 0 atom stereocenters. The van der Waals surface area contributed by atoms with Crippen LogP contribution in [0.5, 0.6) is 0 Å². The lowest BCUT2D eigenvalue weighted by Crippen LogP contribution is -2.44. The molecule has 0 aromatic heterocycles. The predicted molar refractivity (Wildman–Crippen MR) is 93.5 cm³/mol. The number of halogens is 3. The number of likely N-dealkylation sites (tertiary alicyclic amines) is 1. The van der Waals surface area contributed by atoms with Crippen LogP contribution in [0.3, 0.4) is 0 Å². The summed E-state index contributed by atoms with van der Waals surface area (Å²) in [5.74, 6) is -0.00322. The highest BCUT2D eigenvalue weighted by Gasteiger charge is 2.24. The summed E-state index contributed by atoms with van der Waals surface area (Å²) in [6.07, 6.45) is 3.88. The van der Waals surface area contributed by atoms with Crippen LogP contribution in [0.25, 0.3) is 0 Å². The summed E-state index contributed by atoms with van der Waals surface area (Å²) in [6.45, 7) is 1.52. The maximum absolute atomic E-state index is 12.6. The third-order valence-corrected chi connectivity index (χ3v) is 5.18. The van der Waals surface area contributed by atoms with Crippen molar-refractivity contribution in [2.24, 2.45) is 0 Å². The molecule has 2 rings (SSSR count). The Hall–Kier alpha value is -0.130. The number of carbonyl (C=O) groups excluding carboxylic acids is 1. The van der Waals surface area contributed by atoms with E-state index in [-0.39, 0.29) is 18.3 Å². The maximum Gasteiger partial charge on any atom is 0.255 e. The van der Waals surface area contributed by atoms with Crippen LogP contribution in [0.15, 0.2) is 17.0 Å². The van der Waals surface area contributed by atoms with Crippen LogP contribution in [0.1, 0.15) is 23.2 Å². The molecular weight excluding hydrogens is 351 g/mol. The number of nitrogens with one attached hydrogen (secondary N) is 1. The number of amides is 1. The second-order valence-electron chi connectivity index (χ2n) is 4.82. The SMILES string of the molecule is CNC1CCN(C(=O)c2cc(SC)c(Cl)cc2Cl)CC1.Cl. The standard InChI is InChI=1S/C14H18Cl2N2OS.ClH/c1-17-9-3-5-18(6-4-9)14(19)10-7-13(20-2)12(16)8-11(10)15;/h7-9,17H,3-6H2,1-2H3;1H. The van der Waals surface area contributed by atoms with Crippen molar-refractivity contribution in [3.8, 4) is 0 Å². The van der Waals surface area contributed by atoms with Crippen LogP contribution in [0.4, 0.5) is 0 Å². The van der Waals surface area contributed by atoms with Gasteiger partial charge in [-0.2, -0.15) is 0 Å². The van der Waals surface area contributed by atoms with Gasteiger partial charge in [-0.25, -0.2) is 0 Å². The van der Waals surface area contributed by atoms with Crippen LogP contribution in [-0.4, -0.2) is 43.2 Å². The molecule has 1 fully saturated rings. The Morgan fingerprint density at radius 1 is 1.29 bits per heavy atom. The van der Waals surface area contributed by atoms with Crippen molar-refractivity contribution in [2.45, 2.75) is 23.8 Å². The van der Waals surface area contributed by atoms with Gasteiger partial charge in [0.15, 0.2) is 0 Å². The lowest BCUT2D eigenvalue weighted by molar-refractivity contribution is 0.0707. The number of nitrogens with zero attached hydrogens (tertiary/aromatic N) is 1. The molecule has 118 valence electrons. The molecule has 1 heterocycles. The van der Waals surface area contributed by atoms with Gasteiger partial charge in [-0.1, -0.05) is 23.2 Å². The van der Waals surface area contributed by atoms with Crippen LogP contribution in [0.2, 0.25) is 10.0 Å². The first-order valence-corrected chi connectivity index (χ1v) is 8.54. The number of hydrogen-bond acceptors (Lipinski definition) is 3. The highest BCUT2D eigenvalue weighted by Crippen LogP contribution is 2.32. The zero-order valence-electron chi connectivity index (χ0n) is 12.0. The number of piperidine rings is 1. The van der Waals surface area contributed by atoms with Gasteiger partial charge in [-0.15, -0.1) is 24.2 Å². The van der Waals surface area contributed by atoms with Gasteiger partial charge in [-0.05, 0) is 38.3 Å². The van der Waals surface area contributed by atoms with Crippen LogP contribution in [-0.2, 0) is 0 Å². The van der Waals surface area contributed by atoms with Crippen molar-refractivity contribution in [1.82, 2.24) is 10.2 Å². The summed E-state index contributed by atoms with van der Waals surface area (Å²) in [6, 6.07) is 3.95. The molecule has 1 aromatic rings. The van der Waals surface area contributed by atoms with Crippen molar-refractivity contribution in [2.75, 3.05) is 26.4 Å². The number of benzene rings is 1. The number of carbonyl (C=O) groups is 1. The van der Waals surface area contributed by atoms with Gasteiger partial charge in [0.2, 0.25) is 0 Å². The van der Waals surface area contributed by atoms with Gasteiger partial charge in [0, 0.05) is 24.0 Å². The molecule has 0 unspecified atom stereocenters. The van der Waals surface area contributed by atoms with E-state index in [1.165, 1.54) is 11.8 Å². The Morgan fingerprint density at radius 2 is 1.90 bits per heavy atom. The van der Waals surface area contributed by atoms with Crippen LogP contribution < -0.4 is 5.32 Å². The second-order valence-corrected chi connectivity index (χ2v) is 6.48. The Morgan fingerprint density at radius 3 is 2.43 bits per heavy atom. The minimum atomic E-state index is -0.00322. The topological polar surface area (TPSA) is 32.3 Å². The smallest absolute Gasteiger partial charge is 0.255 e. The normalized spacial score (nSPS) is 15.7. The maximum atomic E-state index is 12.6. The zero-order valence-corrected chi connectivity index (χ0v) is 15.1. The second kappa shape index (κ2) is 8.49. The molecular formula is C14H19Cl3N2OS. The minimum Gasteiger partial charge on any atom is -0.338 e. The average molecular weight is 370 g/mol. The molecule has 1 N–H and O–H groups in total. The summed E-state index contributed by atoms with van der Waals surface area (Å²) < 4.78 is 0. The number of thioether (sulfide) groups is 1. The molecule has 1 saturated heterocycles. The van der Waals surface area contributed by atoms with Crippen LogP contribution >= 0.6 is 47.4 Å². The van der Waals surface area contributed by atoms with Crippen molar-refractivity contribution >= 4 is 53.3 Å². The highest BCUT2D eigenvalue weighted by atomic mass is 35.5. The first kappa shape index (κ1) is 18.9. The van der Waals surface area contributed by atoms with E-state index in [0.29, 0.717) is 21.7 Å². The minimum absolute atomic E-state index is 0. The number of hydrogen-bond donors (Lipinski definition) is 1. The first-order chi connectivity index (χ1) is 9.56. The molecule has 1 aliphatic heterocycles. The Balaban J connectivity index is 0.00000220. The largest absolute Gasteiger partial charge is 0.338 e. The van der Waals surface area contributed by atoms with E-state index < -0.39 is 0 Å². The van der Waals surface area contributed by atoms with Gasteiger partial charge in [0.05, 0.1) is 15.6 Å². The predicted octanol–water partition coefficient (Wildman–Crippen LogP) is 3.96. The van der Waals surface area contributed by atoms with E-state index >= 15 is 0 Å². The molecule has 0 saturated carbocycles. The van der Waals surface area contributed by atoms with Crippen molar-refractivity contribution in [3.63, 3.8) is 0 Å². The molecule has 0 radical (unpaired) electrons. The zero-order chi connectivity index (χ0) is 14.7. The Labute approximate surface area is 146 Å². The lowest BCUT2D eigenvalue weighted by Gasteiger charge is -2.32. The molecule has 0 aliphatic carbocycles. The summed E-state index contributed by atoms with van der Waals surface area (Å²) >= 11 is 13.8. The average Bonchev–Trinajstić information content (AvgIpc) is 2.47. The molecule has 3 nitrogen and oxygen atoms in total. The fourth-order valence-electron chi connectivity index (χ4n) is 2.39. The molecule has 0 bridgehead atoms. The third-order valence-electron chi connectivity index (χ3n) is 3.66. The van der Waals surface area contributed by atoms with E-state index in [2.05, 4.69) is 5.32 Å². The van der Waals surface area contributed by atoms with Crippen LogP contribution in [0, 0.1) is 0 Å². The van der Waals surface area contributed by atoms with Gasteiger partial charge < -0.3 is 10.2 Å². The van der Waals surface area contributed by atoms with Gasteiger partial charge in [-0.3, -0.25) is 4.79 Å². The summed E-state index contributed by atoms with van der Waals surface area (Å²) in [7, 11) is 1.96. The first-order valence-electron chi connectivity index (χ1n) is 6.56. The molecule has 7 heteroatoms. The fraction of sp³-hybridized carbons (Fsp3) is 0.500. The van der Waals surface area contributed by atoms with Crippen molar-refractivity contribution in [3.05, 3.63) is 27.7 Å². The summed E-state index contributed by atoms with van der Waals surface area (Å²) in [5.41, 5.74) is 0.545. The van der Waals surface area contributed by atoms with E-state index in [0.717, 1.165) is 30.8 Å². The molecule has 1 aliphatic rings. The lowest BCUT2D eigenvalue weighted by atomic mass is 10.0. The highest BCUT2D eigenvalue weighted by molar-refractivity contribution is 7.98. The van der Waals surface area contributed by atoms with E-state index in [1.54, 1.807) is 12.1 Å². The van der Waals surface area contributed by atoms with E-state index in [1.807, 2.05) is 18.2 Å². The Bertz CT molecular complexity index is 505. The molecule has 1 amide bonds. The van der Waals surface area contributed by atoms with E-state index in [4.69, 9.17) is 23.2 Å².